The topological polar surface area (TPSA) is 28.1 Å². The van der Waals surface area contributed by atoms with E-state index in [1.54, 1.807) is 0 Å². The molecule has 0 radical (unpaired) electrons. The Balaban J connectivity index is 1.45. The Kier molecular flexibility index (Phi) is 3.18. The minimum absolute atomic E-state index is 0.610. The molecule has 2 saturated carbocycles. The van der Waals surface area contributed by atoms with Crippen LogP contribution in [0.5, 0.6) is 0 Å². The minimum Gasteiger partial charge on any atom is -0.361 e. The van der Waals surface area contributed by atoms with Crippen LogP contribution in [-0.4, -0.2) is 17.2 Å². The first-order valence-electron chi connectivity index (χ1n) is 8.70. The maximum absolute atomic E-state index is 5.00. The largest absolute Gasteiger partial charge is 0.361 e. The van der Waals surface area contributed by atoms with Crippen LogP contribution in [0.2, 0.25) is 0 Å². The van der Waals surface area contributed by atoms with Gasteiger partial charge < -0.3 is 4.98 Å². The normalized spacial score (nSPS) is 32.1. The number of rotatable bonds is 4. The molecule has 0 bridgehead atoms. The maximum atomic E-state index is 5.00. The molecule has 2 aromatic rings. The van der Waals surface area contributed by atoms with Gasteiger partial charge in [0, 0.05) is 29.4 Å². The van der Waals surface area contributed by atoms with Gasteiger partial charge in [-0.05, 0) is 54.1 Å². The van der Waals surface area contributed by atoms with Crippen LogP contribution in [0.1, 0.15) is 39.2 Å². The first-order valence-corrected chi connectivity index (χ1v) is 8.70. The van der Waals surface area contributed by atoms with Gasteiger partial charge in [-0.25, -0.2) is 0 Å². The third kappa shape index (κ3) is 2.04. The molecule has 1 aromatic heterocycles. The van der Waals surface area contributed by atoms with Crippen LogP contribution in [-0.2, 0) is 6.42 Å². The lowest BCUT2D eigenvalue weighted by atomic mass is 9.90. The van der Waals surface area contributed by atoms with E-state index < -0.39 is 0 Å². The van der Waals surface area contributed by atoms with Crippen molar-refractivity contribution in [3.05, 3.63) is 36.0 Å². The number of aliphatic imine (C=N–C) groups is 1. The molecule has 0 amide bonds. The Bertz CT molecular complexity index is 724. The van der Waals surface area contributed by atoms with Crippen molar-refractivity contribution in [2.24, 2.45) is 28.2 Å². The zero-order valence-corrected chi connectivity index (χ0v) is 13.9. The lowest BCUT2D eigenvalue weighted by molar-refractivity contribution is 0.349. The molecular weight excluding hydrogens is 268 g/mol. The maximum Gasteiger partial charge on any atom is 0.0456 e. The molecule has 0 aliphatic heterocycles. The summed E-state index contributed by atoms with van der Waals surface area (Å²) in [7, 11) is 0. The van der Waals surface area contributed by atoms with E-state index in [4.69, 9.17) is 4.99 Å². The van der Waals surface area contributed by atoms with Gasteiger partial charge in [0.15, 0.2) is 0 Å². The van der Waals surface area contributed by atoms with Crippen molar-refractivity contribution in [2.45, 2.75) is 40.0 Å². The van der Waals surface area contributed by atoms with Crippen molar-refractivity contribution in [3.63, 3.8) is 0 Å². The van der Waals surface area contributed by atoms with E-state index in [0.717, 1.165) is 24.8 Å². The molecule has 3 unspecified atom stereocenters. The number of benzene rings is 1. The highest BCUT2D eigenvalue weighted by Crippen LogP contribution is 2.68. The van der Waals surface area contributed by atoms with Crippen molar-refractivity contribution < 1.29 is 0 Å². The molecule has 3 atom stereocenters. The molecule has 1 N–H and O–H groups in total. The fraction of sp³-hybridized carbons (Fsp3) is 0.550. The van der Waals surface area contributed by atoms with E-state index >= 15 is 0 Å². The monoisotopic (exact) mass is 294 g/mol. The molecule has 1 aromatic carbocycles. The van der Waals surface area contributed by atoms with E-state index in [9.17, 15) is 0 Å². The Morgan fingerprint density at radius 2 is 2.14 bits per heavy atom. The Morgan fingerprint density at radius 3 is 2.91 bits per heavy atom. The second kappa shape index (κ2) is 4.97. The fourth-order valence-electron chi connectivity index (χ4n) is 4.69. The SMILES string of the molecule is CC1C(=NCCc2c[nH]c3ccccc23)CC2(C(C)C)CC12. The summed E-state index contributed by atoms with van der Waals surface area (Å²) in [6.45, 7) is 8.11. The number of hydrogen-bond acceptors (Lipinski definition) is 1. The molecule has 116 valence electrons. The Labute approximate surface area is 133 Å². The molecule has 2 nitrogen and oxygen atoms in total. The van der Waals surface area contributed by atoms with E-state index in [-0.39, 0.29) is 0 Å². The number of para-hydroxylation sites is 1. The van der Waals surface area contributed by atoms with Gasteiger partial charge in [-0.2, -0.15) is 0 Å². The second-order valence-electron chi connectivity index (χ2n) is 7.65. The van der Waals surface area contributed by atoms with E-state index in [1.807, 2.05) is 0 Å². The van der Waals surface area contributed by atoms with Crippen LogP contribution >= 0.6 is 0 Å². The smallest absolute Gasteiger partial charge is 0.0456 e. The molecule has 2 fully saturated rings. The van der Waals surface area contributed by atoms with Crippen LogP contribution in [0.25, 0.3) is 10.9 Å². The van der Waals surface area contributed by atoms with Crippen molar-refractivity contribution in [2.75, 3.05) is 6.54 Å². The fourth-order valence-corrected chi connectivity index (χ4v) is 4.69. The van der Waals surface area contributed by atoms with Crippen LogP contribution < -0.4 is 0 Å². The summed E-state index contributed by atoms with van der Waals surface area (Å²) in [5.41, 5.74) is 4.73. The number of nitrogens with zero attached hydrogens (tertiary/aromatic N) is 1. The Morgan fingerprint density at radius 1 is 1.32 bits per heavy atom. The zero-order chi connectivity index (χ0) is 15.3. The number of fused-ring (bicyclic) bond motifs is 2. The van der Waals surface area contributed by atoms with Gasteiger partial charge in [-0.15, -0.1) is 0 Å². The van der Waals surface area contributed by atoms with Gasteiger partial charge in [-0.3, -0.25) is 4.99 Å². The van der Waals surface area contributed by atoms with Crippen LogP contribution in [0, 0.1) is 23.2 Å². The van der Waals surface area contributed by atoms with Crippen LogP contribution in [0.15, 0.2) is 35.5 Å². The van der Waals surface area contributed by atoms with Gasteiger partial charge >= 0.3 is 0 Å². The van der Waals surface area contributed by atoms with Gasteiger partial charge in [0.1, 0.15) is 0 Å². The predicted molar refractivity (Wildman–Crippen MR) is 93.5 cm³/mol. The number of aromatic amines is 1. The highest BCUT2D eigenvalue weighted by atomic mass is 14.8. The Hall–Kier alpha value is -1.57. The van der Waals surface area contributed by atoms with Crippen molar-refractivity contribution in [1.82, 2.24) is 4.98 Å². The molecule has 2 aliphatic rings. The first kappa shape index (κ1) is 14.0. The molecule has 22 heavy (non-hydrogen) atoms. The highest BCUT2D eigenvalue weighted by molar-refractivity contribution is 5.91. The molecular formula is C20H26N2. The van der Waals surface area contributed by atoms with Crippen molar-refractivity contribution in [3.8, 4) is 0 Å². The second-order valence-corrected chi connectivity index (χ2v) is 7.65. The van der Waals surface area contributed by atoms with Gasteiger partial charge in [0.2, 0.25) is 0 Å². The molecule has 1 heterocycles. The molecule has 0 spiro atoms. The first-order chi connectivity index (χ1) is 10.6. The van der Waals surface area contributed by atoms with E-state index in [0.29, 0.717) is 11.3 Å². The van der Waals surface area contributed by atoms with Gasteiger partial charge in [-0.1, -0.05) is 39.0 Å². The van der Waals surface area contributed by atoms with E-state index in [2.05, 4.69) is 56.2 Å². The van der Waals surface area contributed by atoms with E-state index in [1.165, 1.54) is 35.0 Å². The summed E-state index contributed by atoms with van der Waals surface area (Å²) in [5, 5.41) is 1.35. The number of aromatic nitrogens is 1. The molecule has 2 aliphatic carbocycles. The summed E-state index contributed by atoms with van der Waals surface area (Å²) in [5.74, 6) is 2.44. The third-order valence-electron chi connectivity index (χ3n) is 6.34. The number of H-pyrrole nitrogens is 1. The highest BCUT2D eigenvalue weighted by Gasteiger charge is 2.63. The average molecular weight is 294 g/mol. The summed E-state index contributed by atoms with van der Waals surface area (Å²) < 4.78 is 0. The molecule has 4 rings (SSSR count). The molecule has 2 heteroatoms. The lowest BCUT2D eigenvalue weighted by Crippen LogP contribution is -2.12. The van der Waals surface area contributed by atoms with Gasteiger partial charge in [0.05, 0.1) is 0 Å². The predicted octanol–water partition coefficient (Wildman–Crippen LogP) is 4.85. The van der Waals surface area contributed by atoms with Crippen molar-refractivity contribution in [1.29, 1.82) is 0 Å². The summed E-state index contributed by atoms with van der Waals surface area (Å²) in [4.78, 5) is 8.36. The molecule has 0 saturated heterocycles. The third-order valence-corrected chi connectivity index (χ3v) is 6.34. The summed E-state index contributed by atoms with van der Waals surface area (Å²) >= 11 is 0. The number of nitrogens with one attached hydrogen (secondary N) is 1. The van der Waals surface area contributed by atoms with Crippen LogP contribution in [0.4, 0.5) is 0 Å². The standard InChI is InChI=1S/C20H26N2/c1-13(2)20-10-17(20)14(3)19(11-20)21-9-8-15-12-22-18-7-5-4-6-16(15)18/h4-7,12-14,17,22H,8-11H2,1-3H3. The number of hydrogen-bond donors (Lipinski definition) is 1. The quantitative estimate of drug-likeness (QED) is 0.834. The average Bonchev–Trinajstić information content (AvgIpc) is 3.01. The lowest BCUT2D eigenvalue weighted by Gasteiger charge is -2.16. The minimum atomic E-state index is 0.610. The van der Waals surface area contributed by atoms with Gasteiger partial charge in [0.25, 0.3) is 0 Å². The van der Waals surface area contributed by atoms with Crippen molar-refractivity contribution >= 4 is 16.6 Å². The summed E-state index contributed by atoms with van der Waals surface area (Å²) in [6.07, 6.45) is 5.88. The zero-order valence-electron chi connectivity index (χ0n) is 13.9. The summed E-state index contributed by atoms with van der Waals surface area (Å²) in [6, 6.07) is 8.55. The van der Waals surface area contributed by atoms with Crippen LogP contribution in [0.3, 0.4) is 0 Å².